The summed E-state index contributed by atoms with van der Waals surface area (Å²) in [6, 6.07) is -0.633. The molecular weight excluding hydrogens is 755 g/mol. The number of esters is 1. The van der Waals surface area contributed by atoms with E-state index in [2.05, 4.69) is 31.3 Å². The molecule has 0 spiro atoms. The third kappa shape index (κ3) is 47.7. The number of carbonyl (C=O) groups is 2. The molecule has 0 aliphatic rings. The van der Waals surface area contributed by atoms with Crippen molar-refractivity contribution in [2.45, 2.75) is 302 Å². The summed E-state index contributed by atoms with van der Waals surface area (Å²) in [6.07, 6.45) is 60.4. The van der Waals surface area contributed by atoms with Crippen LogP contribution in [0.15, 0.2) is 24.3 Å². The van der Waals surface area contributed by atoms with Crippen LogP contribution in [-0.4, -0.2) is 47.4 Å². The second-order valence-electron chi connectivity index (χ2n) is 18.6. The SMILES string of the molecule is CCCC/C=C\CCCCCCCC(=O)OCCCCCCCCCCCCCCCCCCC(=O)NC(CO)C(O)/C=C/CCCCCCCCCCCCCCCCC. The predicted molar refractivity (Wildman–Crippen MR) is 264 cm³/mol. The minimum Gasteiger partial charge on any atom is -0.466 e. The van der Waals surface area contributed by atoms with E-state index >= 15 is 0 Å². The average molecular weight is 860 g/mol. The van der Waals surface area contributed by atoms with E-state index in [1.165, 1.54) is 218 Å². The van der Waals surface area contributed by atoms with Crippen LogP contribution in [-0.2, 0) is 14.3 Å². The van der Waals surface area contributed by atoms with Gasteiger partial charge in [-0.25, -0.2) is 0 Å². The Kier molecular flexibility index (Phi) is 49.6. The lowest BCUT2D eigenvalue weighted by atomic mass is 10.0. The molecule has 6 heteroatoms. The molecule has 360 valence electrons. The van der Waals surface area contributed by atoms with Gasteiger partial charge >= 0.3 is 5.97 Å². The first-order valence-corrected chi connectivity index (χ1v) is 27.1. The Bertz CT molecular complexity index is 951. The molecule has 0 saturated heterocycles. The van der Waals surface area contributed by atoms with Crippen molar-refractivity contribution < 1.29 is 24.5 Å². The number of rotatable bonds is 50. The van der Waals surface area contributed by atoms with Crippen LogP contribution in [0.2, 0.25) is 0 Å². The first-order valence-electron chi connectivity index (χ1n) is 27.1. The fraction of sp³-hybridized carbons (Fsp3) is 0.891. The van der Waals surface area contributed by atoms with Crippen molar-refractivity contribution >= 4 is 11.9 Å². The quantitative estimate of drug-likeness (QED) is 0.0322. The van der Waals surface area contributed by atoms with Gasteiger partial charge in [0.05, 0.1) is 25.4 Å². The van der Waals surface area contributed by atoms with Gasteiger partial charge in [-0.2, -0.15) is 0 Å². The number of allylic oxidation sites excluding steroid dienone is 3. The molecule has 61 heavy (non-hydrogen) atoms. The Morgan fingerprint density at radius 3 is 1.21 bits per heavy atom. The largest absolute Gasteiger partial charge is 0.466 e. The van der Waals surface area contributed by atoms with Crippen molar-refractivity contribution in [1.82, 2.24) is 5.32 Å². The van der Waals surface area contributed by atoms with E-state index in [9.17, 15) is 19.8 Å². The first kappa shape index (κ1) is 59.3. The maximum Gasteiger partial charge on any atom is 0.305 e. The van der Waals surface area contributed by atoms with Crippen LogP contribution in [0.3, 0.4) is 0 Å². The molecule has 0 bridgehead atoms. The van der Waals surface area contributed by atoms with Crippen LogP contribution in [0, 0.1) is 0 Å². The van der Waals surface area contributed by atoms with Crippen LogP contribution in [0.25, 0.3) is 0 Å². The van der Waals surface area contributed by atoms with Crippen molar-refractivity contribution in [2.75, 3.05) is 13.2 Å². The number of hydrogen-bond donors (Lipinski definition) is 3. The Labute approximate surface area is 380 Å². The zero-order valence-corrected chi connectivity index (χ0v) is 40.9. The van der Waals surface area contributed by atoms with Gasteiger partial charge in [-0.05, 0) is 51.4 Å². The minimum atomic E-state index is -0.849. The molecule has 2 unspecified atom stereocenters. The molecule has 1 amide bonds. The van der Waals surface area contributed by atoms with Crippen LogP contribution in [0.4, 0.5) is 0 Å². The third-order valence-corrected chi connectivity index (χ3v) is 12.5. The van der Waals surface area contributed by atoms with Crippen LogP contribution >= 0.6 is 0 Å². The van der Waals surface area contributed by atoms with Gasteiger partial charge in [-0.3, -0.25) is 9.59 Å². The highest BCUT2D eigenvalue weighted by Gasteiger charge is 2.18. The van der Waals surface area contributed by atoms with E-state index in [0.29, 0.717) is 19.4 Å². The standard InChI is InChI=1S/C55H105NO5/c1-3-5-7-9-11-13-15-16-17-18-21-24-28-31-35-39-43-47-53(58)52(51-57)56-54(59)48-44-40-36-32-29-25-22-19-20-23-26-30-34-38-42-46-50-61-55(60)49-45-41-37-33-27-14-12-10-8-6-4-2/h10,12,43,47,52-53,57-58H,3-9,11,13-42,44-46,48-51H2,1-2H3,(H,56,59)/b12-10-,47-43+. The highest BCUT2D eigenvalue weighted by molar-refractivity contribution is 5.76. The lowest BCUT2D eigenvalue weighted by molar-refractivity contribution is -0.143. The maximum absolute atomic E-state index is 12.4. The van der Waals surface area contributed by atoms with Gasteiger partial charge in [0.1, 0.15) is 0 Å². The maximum atomic E-state index is 12.4. The van der Waals surface area contributed by atoms with Crippen molar-refractivity contribution in [2.24, 2.45) is 0 Å². The second-order valence-corrected chi connectivity index (χ2v) is 18.6. The van der Waals surface area contributed by atoms with E-state index in [1.54, 1.807) is 6.08 Å². The summed E-state index contributed by atoms with van der Waals surface area (Å²) in [5.74, 6) is -0.0827. The summed E-state index contributed by atoms with van der Waals surface area (Å²) < 4.78 is 5.44. The van der Waals surface area contributed by atoms with Crippen molar-refractivity contribution in [3.63, 3.8) is 0 Å². The smallest absolute Gasteiger partial charge is 0.305 e. The van der Waals surface area contributed by atoms with Crippen LogP contribution < -0.4 is 5.32 Å². The normalized spacial score (nSPS) is 12.8. The van der Waals surface area contributed by atoms with Crippen LogP contribution in [0.1, 0.15) is 290 Å². The molecule has 0 rings (SSSR count). The highest BCUT2D eigenvalue weighted by Crippen LogP contribution is 2.16. The molecule has 6 nitrogen and oxygen atoms in total. The minimum absolute atomic E-state index is 0.00898. The van der Waals surface area contributed by atoms with Crippen molar-refractivity contribution in [3.8, 4) is 0 Å². The zero-order chi connectivity index (χ0) is 44.4. The topological polar surface area (TPSA) is 95.9 Å². The Hall–Kier alpha value is -1.66. The van der Waals surface area contributed by atoms with Gasteiger partial charge in [0, 0.05) is 12.8 Å². The molecule has 0 aromatic rings. The van der Waals surface area contributed by atoms with Gasteiger partial charge in [-0.1, -0.05) is 250 Å². The molecule has 0 aromatic heterocycles. The average Bonchev–Trinajstić information content (AvgIpc) is 3.26. The van der Waals surface area contributed by atoms with E-state index in [-0.39, 0.29) is 18.5 Å². The molecule has 0 radical (unpaired) electrons. The summed E-state index contributed by atoms with van der Waals surface area (Å²) in [5, 5.41) is 23.1. The molecule has 2 atom stereocenters. The van der Waals surface area contributed by atoms with E-state index in [1.807, 2.05) is 6.08 Å². The Morgan fingerprint density at radius 1 is 0.443 bits per heavy atom. The first-order chi connectivity index (χ1) is 30.0. The fourth-order valence-corrected chi connectivity index (χ4v) is 8.26. The van der Waals surface area contributed by atoms with Crippen molar-refractivity contribution in [1.29, 1.82) is 0 Å². The number of amides is 1. The molecular formula is C55H105NO5. The third-order valence-electron chi connectivity index (χ3n) is 12.5. The van der Waals surface area contributed by atoms with Gasteiger partial charge in [-0.15, -0.1) is 0 Å². The number of ether oxygens (including phenoxy) is 1. The number of aliphatic hydroxyl groups is 2. The number of nitrogens with one attached hydrogen (secondary N) is 1. The Morgan fingerprint density at radius 2 is 0.787 bits per heavy atom. The van der Waals surface area contributed by atoms with E-state index < -0.39 is 12.1 Å². The summed E-state index contributed by atoms with van der Waals surface area (Å²) in [6.45, 7) is 4.86. The number of carbonyl (C=O) groups excluding carboxylic acids is 2. The molecule has 0 aromatic carbocycles. The number of aliphatic hydroxyl groups excluding tert-OH is 2. The summed E-state index contributed by atoms with van der Waals surface area (Å²) >= 11 is 0. The predicted octanol–water partition coefficient (Wildman–Crippen LogP) is 16.3. The van der Waals surface area contributed by atoms with Gasteiger partial charge < -0.3 is 20.3 Å². The summed E-state index contributed by atoms with van der Waals surface area (Å²) in [4.78, 5) is 24.4. The molecule has 0 aliphatic carbocycles. The zero-order valence-electron chi connectivity index (χ0n) is 40.9. The molecule has 0 aliphatic heterocycles. The van der Waals surface area contributed by atoms with Crippen molar-refractivity contribution in [3.05, 3.63) is 24.3 Å². The summed E-state index contributed by atoms with van der Waals surface area (Å²) in [5.41, 5.74) is 0. The van der Waals surface area contributed by atoms with E-state index in [4.69, 9.17) is 4.74 Å². The fourth-order valence-electron chi connectivity index (χ4n) is 8.26. The summed E-state index contributed by atoms with van der Waals surface area (Å²) in [7, 11) is 0. The molecule has 0 fully saturated rings. The lowest BCUT2D eigenvalue weighted by Gasteiger charge is -2.20. The number of unbranched alkanes of at least 4 members (excludes halogenated alkanes) is 37. The molecule has 0 heterocycles. The molecule has 0 saturated carbocycles. The Balaban J connectivity index is 3.47. The van der Waals surface area contributed by atoms with Gasteiger partial charge in [0.25, 0.3) is 0 Å². The lowest BCUT2D eigenvalue weighted by Crippen LogP contribution is -2.45. The van der Waals surface area contributed by atoms with E-state index in [0.717, 1.165) is 44.9 Å². The monoisotopic (exact) mass is 860 g/mol. The number of hydrogen-bond acceptors (Lipinski definition) is 5. The molecule has 3 N–H and O–H groups in total. The van der Waals surface area contributed by atoms with Crippen LogP contribution in [0.5, 0.6) is 0 Å². The highest BCUT2D eigenvalue weighted by atomic mass is 16.5. The van der Waals surface area contributed by atoms with Gasteiger partial charge in [0.2, 0.25) is 5.91 Å². The van der Waals surface area contributed by atoms with Gasteiger partial charge in [0.15, 0.2) is 0 Å². The second kappa shape index (κ2) is 51.0.